The van der Waals surface area contributed by atoms with Crippen LogP contribution < -0.4 is 0 Å². The summed E-state index contributed by atoms with van der Waals surface area (Å²) in [6.45, 7) is -1.50. The van der Waals surface area contributed by atoms with Gasteiger partial charge in [-0.3, -0.25) is 0 Å². The Balaban J connectivity index is 3.23. The quantitative estimate of drug-likeness (QED) is 0.505. The van der Waals surface area contributed by atoms with E-state index in [1.807, 2.05) is 4.74 Å². The van der Waals surface area contributed by atoms with E-state index in [0.29, 0.717) is 0 Å². The first kappa shape index (κ1) is 22.1. The molecule has 25 heavy (non-hydrogen) atoms. The molecule has 0 spiro atoms. The van der Waals surface area contributed by atoms with Crippen molar-refractivity contribution in [1.29, 1.82) is 0 Å². The smallest absolute Gasteiger partial charge is 0.316 e. The molecule has 1 aliphatic heterocycles. The van der Waals surface area contributed by atoms with Crippen molar-refractivity contribution < 1.29 is 57.8 Å². The molecule has 0 amide bonds. The van der Waals surface area contributed by atoms with Gasteiger partial charge in [-0.05, 0) is 14.1 Å². The number of rotatable bonds is 6. The Morgan fingerprint density at radius 2 is 1.36 bits per heavy atom. The maximum atomic E-state index is 13.6. The van der Waals surface area contributed by atoms with E-state index < -0.39 is 48.2 Å². The topological polar surface area (TPSA) is 24.9 Å². The van der Waals surface area contributed by atoms with Crippen LogP contribution in [0.25, 0.3) is 0 Å². The Bertz CT molecular complexity index is 459. The predicted octanol–water partition coefficient (Wildman–Crippen LogP) is 3.16. The maximum absolute atomic E-state index is 13.6. The zero-order chi connectivity index (χ0) is 20.1. The van der Waals surface area contributed by atoms with Crippen LogP contribution in [0.15, 0.2) is 0 Å². The van der Waals surface area contributed by atoms with Gasteiger partial charge in [0.2, 0.25) is 0 Å². The highest BCUT2D eigenvalue weighted by Crippen LogP contribution is 2.57. The third-order valence-electron chi connectivity index (χ3n) is 2.90. The SMILES string of the molecule is CN(C)CCOC(F)(F)C(F)N1C(F)(F)C(F)(F)OC(F)(F)C1(F)F. The monoisotopic (exact) mass is 400 g/mol. The molecule has 15 heteroatoms. The zero-order valence-corrected chi connectivity index (χ0v) is 12.4. The number of halogens is 11. The van der Waals surface area contributed by atoms with Gasteiger partial charge in [-0.15, -0.1) is 4.90 Å². The van der Waals surface area contributed by atoms with Gasteiger partial charge in [0.25, 0.3) is 6.30 Å². The second-order valence-electron chi connectivity index (χ2n) is 5.14. The average Bonchev–Trinajstić information content (AvgIpc) is 2.34. The highest BCUT2D eigenvalue weighted by molar-refractivity contribution is 4.97. The summed E-state index contributed by atoms with van der Waals surface area (Å²) in [4.78, 5) is -1.78. The molecule has 0 N–H and O–H groups in total. The van der Waals surface area contributed by atoms with Crippen LogP contribution in [0.3, 0.4) is 0 Å². The van der Waals surface area contributed by atoms with E-state index in [-0.39, 0.29) is 6.54 Å². The normalized spacial score (nSPS) is 26.6. The zero-order valence-electron chi connectivity index (χ0n) is 12.4. The summed E-state index contributed by atoms with van der Waals surface area (Å²) >= 11 is 0. The second kappa shape index (κ2) is 6.35. The van der Waals surface area contributed by atoms with Gasteiger partial charge in [0.15, 0.2) is 0 Å². The van der Waals surface area contributed by atoms with Crippen LogP contribution in [0.5, 0.6) is 0 Å². The van der Waals surface area contributed by atoms with E-state index in [1.165, 1.54) is 19.0 Å². The Morgan fingerprint density at radius 3 is 1.72 bits per heavy atom. The number of nitrogens with zero attached hydrogens (tertiary/aromatic N) is 2. The number of ether oxygens (including phenoxy) is 2. The molecule has 1 rings (SSSR count). The fourth-order valence-electron chi connectivity index (χ4n) is 1.61. The summed E-state index contributed by atoms with van der Waals surface area (Å²) in [5, 5.41) is 0. The molecular formula is C10H11F11N2O2. The minimum Gasteiger partial charge on any atom is -0.316 e. The summed E-state index contributed by atoms with van der Waals surface area (Å²) in [6.07, 6.45) is -23.4. The molecule has 0 radical (unpaired) electrons. The van der Waals surface area contributed by atoms with Crippen molar-refractivity contribution >= 4 is 0 Å². The van der Waals surface area contributed by atoms with Gasteiger partial charge in [0.1, 0.15) is 0 Å². The number of alkyl halides is 11. The first-order valence-corrected chi connectivity index (χ1v) is 6.21. The lowest BCUT2D eigenvalue weighted by Crippen LogP contribution is -2.77. The average molecular weight is 400 g/mol. The largest absolute Gasteiger partial charge is 0.439 e. The van der Waals surface area contributed by atoms with Crippen LogP contribution in [-0.2, 0) is 9.47 Å². The Hall–Kier alpha value is -0.930. The molecule has 1 heterocycles. The Labute approximate surface area is 133 Å². The van der Waals surface area contributed by atoms with Crippen molar-refractivity contribution in [3.05, 3.63) is 0 Å². The lowest BCUT2D eigenvalue weighted by Gasteiger charge is -2.48. The molecule has 4 nitrogen and oxygen atoms in total. The van der Waals surface area contributed by atoms with Crippen LogP contribution >= 0.6 is 0 Å². The second-order valence-corrected chi connectivity index (χ2v) is 5.14. The molecule has 0 aromatic carbocycles. The van der Waals surface area contributed by atoms with E-state index >= 15 is 0 Å². The molecule has 1 saturated heterocycles. The molecule has 150 valence electrons. The van der Waals surface area contributed by atoms with Crippen molar-refractivity contribution in [3.63, 3.8) is 0 Å². The van der Waals surface area contributed by atoms with Crippen molar-refractivity contribution in [1.82, 2.24) is 9.80 Å². The highest BCUT2D eigenvalue weighted by Gasteiger charge is 2.85. The summed E-state index contributed by atoms with van der Waals surface area (Å²) in [6, 6.07) is -13.1. The fourth-order valence-corrected chi connectivity index (χ4v) is 1.61. The van der Waals surface area contributed by atoms with Gasteiger partial charge in [0.05, 0.1) is 6.61 Å². The van der Waals surface area contributed by atoms with Crippen LogP contribution in [0.4, 0.5) is 48.3 Å². The summed E-state index contributed by atoms with van der Waals surface area (Å²) in [5.41, 5.74) is 0. The van der Waals surface area contributed by atoms with E-state index in [1.54, 1.807) is 0 Å². The molecule has 0 aromatic rings. The first-order chi connectivity index (χ1) is 10.9. The Morgan fingerprint density at radius 1 is 0.960 bits per heavy atom. The number of hydrogen-bond acceptors (Lipinski definition) is 4. The van der Waals surface area contributed by atoms with E-state index in [4.69, 9.17) is 0 Å². The molecule has 0 aromatic heterocycles. The highest BCUT2D eigenvalue weighted by atomic mass is 19.4. The van der Waals surface area contributed by atoms with E-state index in [0.717, 1.165) is 0 Å². The minimum absolute atomic E-state index is 0.384. The first-order valence-electron chi connectivity index (χ1n) is 6.21. The molecule has 1 aliphatic rings. The molecule has 0 bridgehead atoms. The molecule has 1 fully saturated rings. The van der Waals surface area contributed by atoms with E-state index in [2.05, 4.69) is 4.74 Å². The molecule has 0 saturated carbocycles. The molecule has 0 aliphatic carbocycles. The lowest BCUT2D eigenvalue weighted by atomic mass is 10.2. The van der Waals surface area contributed by atoms with Gasteiger partial charge >= 0.3 is 30.4 Å². The summed E-state index contributed by atoms with van der Waals surface area (Å²) < 4.78 is 151. The van der Waals surface area contributed by atoms with Crippen molar-refractivity contribution in [3.8, 4) is 0 Å². The summed E-state index contributed by atoms with van der Waals surface area (Å²) in [5.74, 6) is 0. The molecule has 1 unspecified atom stereocenters. The van der Waals surface area contributed by atoms with Gasteiger partial charge in [0, 0.05) is 6.54 Å². The van der Waals surface area contributed by atoms with Crippen molar-refractivity contribution in [2.24, 2.45) is 0 Å². The van der Waals surface area contributed by atoms with Crippen LogP contribution in [0.2, 0.25) is 0 Å². The third kappa shape index (κ3) is 3.78. The third-order valence-corrected chi connectivity index (χ3v) is 2.90. The Kier molecular flexibility index (Phi) is 5.62. The van der Waals surface area contributed by atoms with Gasteiger partial charge in [-0.25, -0.2) is 9.13 Å². The molecular weight excluding hydrogens is 389 g/mol. The standard InChI is InChI=1S/C10H11F11N2O2/c1-22(2)3-4-24-6(12,13)5(11)23-7(14,15)9(18,19)25-10(20,21)8(23,16)17/h5H,3-4H2,1-2H3. The summed E-state index contributed by atoms with van der Waals surface area (Å²) in [7, 11) is 2.61. The predicted molar refractivity (Wildman–Crippen MR) is 57.1 cm³/mol. The molecule has 1 atom stereocenters. The lowest BCUT2D eigenvalue weighted by molar-refractivity contribution is -0.578. The van der Waals surface area contributed by atoms with Crippen LogP contribution in [0.1, 0.15) is 0 Å². The minimum atomic E-state index is -6.55. The maximum Gasteiger partial charge on any atom is 0.439 e. The van der Waals surface area contributed by atoms with Gasteiger partial charge in [-0.1, -0.05) is 0 Å². The van der Waals surface area contributed by atoms with Crippen molar-refractivity contribution in [2.45, 2.75) is 36.7 Å². The fraction of sp³-hybridized carbons (Fsp3) is 1.00. The van der Waals surface area contributed by atoms with Crippen LogP contribution in [0, 0.1) is 0 Å². The van der Waals surface area contributed by atoms with Gasteiger partial charge < -0.3 is 9.64 Å². The number of likely N-dealkylation sites (N-methyl/N-ethyl adjacent to an activating group) is 1. The van der Waals surface area contributed by atoms with E-state index in [9.17, 15) is 48.3 Å². The van der Waals surface area contributed by atoms with Crippen LogP contribution in [-0.4, -0.2) is 73.8 Å². The van der Waals surface area contributed by atoms with Gasteiger partial charge in [-0.2, -0.15) is 43.9 Å². The number of hydrogen-bond donors (Lipinski definition) is 0. The number of morpholine rings is 1. The van der Waals surface area contributed by atoms with Crippen molar-refractivity contribution in [2.75, 3.05) is 27.2 Å².